The Morgan fingerprint density at radius 3 is 2.47 bits per heavy atom. The van der Waals surface area contributed by atoms with E-state index >= 15 is 4.39 Å². The highest BCUT2D eigenvalue weighted by molar-refractivity contribution is 9.10. The molecule has 0 saturated carbocycles. The Bertz CT molecular complexity index is 1780. The summed E-state index contributed by atoms with van der Waals surface area (Å²) < 4.78 is 38.7. The second-order valence-corrected chi connectivity index (χ2v) is 9.46. The third kappa shape index (κ3) is 4.70. The molecule has 0 radical (unpaired) electrons. The summed E-state index contributed by atoms with van der Waals surface area (Å²) in [7, 11) is 0. The Hall–Kier alpha value is -3.96. The molecule has 38 heavy (non-hydrogen) atoms. The Labute approximate surface area is 223 Å². The van der Waals surface area contributed by atoms with Gasteiger partial charge >= 0.3 is 5.69 Å². The van der Waals surface area contributed by atoms with Gasteiger partial charge in [-0.15, -0.1) is 5.10 Å². The van der Waals surface area contributed by atoms with Gasteiger partial charge in [-0.05, 0) is 65.2 Å². The highest BCUT2D eigenvalue weighted by Crippen LogP contribution is 2.24. The summed E-state index contributed by atoms with van der Waals surface area (Å²) in [6, 6.07) is 14.8. The lowest BCUT2D eigenvalue weighted by atomic mass is 10.2. The first-order valence-electron chi connectivity index (χ1n) is 11.8. The summed E-state index contributed by atoms with van der Waals surface area (Å²) in [5.74, 6) is -1.32. The second-order valence-electron chi connectivity index (χ2n) is 8.61. The van der Waals surface area contributed by atoms with E-state index in [2.05, 4.69) is 26.0 Å². The minimum Gasteiger partial charge on any atom is -0.369 e. The van der Waals surface area contributed by atoms with Gasteiger partial charge < -0.3 is 4.74 Å². The van der Waals surface area contributed by atoms with E-state index < -0.39 is 22.9 Å². The first-order chi connectivity index (χ1) is 18.3. The highest BCUT2D eigenvalue weighted by atomic mass is 79.9. The largest absolute Gasteiger partial charge is 0.369 e. The number of halogens is 3. The molecule has 0 N–H and O–H groups in total. The van der Waals surface area contributed by atoms with E-state index in [1.54, 1.807) is 13.8 Å². The number of fused-ring (bicyclic) bond motifs is 1. The van der Waals surface area contributed by atoms with Crippen LogP contribution in [0.3, 0.4) is 0 Å². The third-order valence-electron chi connectivity index (χ3n) is 6.09. The van der Waals surface area contributed by atoms with Crippen molar-refractivity contribution in [2.24, 2.45) is 0 Å². The highest BCUT2D eigenvalue weighted by Gasteiger charge is 2.21. The molecule has 0 bridgehead atoms. The van der Waals surface area contributed by atoms with Crippen LogP contribution in [0.2, 0.25) is 0 Å². The van der Waals surface area contributed by atoms with Crippen LogP contribution < -0.4 is 11.2 Å². The smallest absolute Gasteiger partial charge is 0.352 e. The Morgan fingerprint density at radius 2 is 1.76 bits per heavy atom. The maximum absolute atomic E-state index is 15.4. The SMILES string of the molecule is CCn1c(COCc2ccccc2)nn(-c2nc3c(Br)cn(-c4ccc(F)c(C)c4)c(=O)c3cc2F)c1=O. The number of hydrogen-bond acceptors (Lipinski definition) is 5. The molecule has 0 unspecified atom stereocenters. The van der Waals surface area contributed by atoms with E-state index in [1.165, 1.54) is 33.5 Å². The van der Waals surface area contributed by atoms with Gasteiger partial charge in [0.2, 0.25) is 0 Å². The molecule has 0 fully saturated rings. The molecule has 3 aromatic heterocycles. The van der Waals surface area contributed by atoms with Crippen molar-refractivity contribution in [1.82, 2.24) is 23.9 Å². The van der Waals surface area contributed by atoms with Crippen molar-refractivity contribution >= 4 is 26.8 Å². The van der Waals surface area contributed by atoms with Crippen LogP contribution in [-0.2, 0) is 24.5 Å². The molecule has 194 valence electrons. The summed E-state index contributed by atoms with van der Waals surface area (Å²) >= 11 is 3.40. The molecule has 3 heterocycles. The molecular formula is C27H22BrF2N5O3. The number of nitrogens with zero attached hydrogens (tertiary/aromatic N) is 5. The summed E-state index contributed by atoms with van der Waals surface area (Å²) in [6.07, 6.45) is 1.47. The standard InChI is InChI=1S/C27H22BrF2N5O3/c1-3-33-23(15-38-14-17-7-5-4-6-8-17)32-35(27(33)37)25-22(30)12-19-24(31-25)20(28)13-34(26(19)36)18-9-10-21(29)16(2)11-18/h4-13H,3,14-15H2,1-2H3. The number of ether oxygens (including phenoxy) is 1. The van der Waals surface area contributed by atoms with Gasteiger partial charge in [0, 0.05) is 18.4 Å². The minimum atomic E-state index is -0.894. The summed E-state index contributed by atoms with van der Waals surface area (Å²) in [6.45, 7) is 4.01. The average Bonchev–Trinajstić information content (AvgIpc) is 3.22. The van der Waals surface area contributed by atoms with Crippen LogP contribution in [0.25, 0.3) is 22.4 Å². The van der Waals surface area contributed by atoms with Gasteiger partial charge in [-0.2, -0.15) is 4.68 Å². The van der Waals surface area contributed by atoms with E-state index in [4.69, 9.17) is 4.74 Å². The van der Waals surface area contributed by atoms with E-state index in [0.29, 0.717) is 34.7 Å². The van der Waals surface area contributed by atoms with Crippen LogP contribution in [0.5, 0.6) is 0 Å². The van der Waals surface area contributed by atoms with Gasteiger partial charge in [-0.25, -0.2) is 18.6 Å². The molecule has 0 amide bonds. The molecule has 11 heteroatoms. The zero-order chi connectivity index (χ0) is 27.0. The summed E-state index contributed by atoms with van der Waals surface area (Å²) in [5, 5.41) is 4.27. The fraction of sp³-hybridized carbons (Fsp3) is 0.185. The molecule has 0 aliphatic rings. The number of benzene rings is 2. The summed E-state index contributed by atoms with van der Waals surface area (Å²) in [4.78, 5) is 30.6. The van der Waals surface area contributed by atoms with Crippen molar-refractivity contribution in [1.29, 1.82) is 0 Å². The molecule has 5 aromatic rings. The lowest BCUT2D eigenvalue weighted by Crippen LogP contribution is -2.26. The van der Waals surface area contributed by atoms with Crippen LogP contribution >= 0.6 is 15.9 Å². The minimum absolute atomic E-state index is 0.0167. The number of aryl methyl sites for hydroxylation is 1. The number of rotatable bonds is 7. The Balaban J connectivity index is 1.54. The van der Waals surface area contributed by atoms with Crippen molar-refractivity contribution in [3.63, 3.8) is 0 Å². The number of aromatic nitrogens is 5. The van der Waals surface area contributed by atoms with Crippen molar-refractivity contribution < 1.29 is 13.5 Å². The normalized spacial score (nSPS) is 11.4. The van der Waals surface area contributed by atoms with Crippen LogP contribution in [0.4, 0.5) is 8.78 Å². The van der Waals surface area contributed by atoms with E-state index in [-0.39, 0.29) is 23.3 Å². The monoisotopic (exact) mass is 581 g/mol. The topological polar surface area (TPSA) is 83.9 Å². The maximum Gasteiger partial charge on any atom is 0.352 e. The van der Waals surface area contributed by atoms with Gasteiger partial charge in [-0.1, -0.05) is 30.3 Å². The molecule has 0 spiro atoms. The van der Waals surface area contributed by atoms with Crippen molar-refractivity contribution in [3.8, 4) is 11.5 Å². The number of hydrogen-bond donors (Lipinski definition) is 0. The predicted octanol–water partition coefficient (Wildman–Crippen LogP) is 4.82. The first-order valence-corrected chi connectivity index (χ1v) is 12.6. The fourth-order valence-electron chi connectivity index (χ4n) is 4.14. The van der Waals surface area contributed by atoms with E-state index in [1.807, 2.05) is 30.3 Å². The molecule has 0 saturated heterocycles. The molecule has 5 rings (SSSR count). The fourth-order valence-corrected chi connectivity index (χ4v) is 4.65. The van der Waals surface area contributed by atoms with Crippen LogP contribution in [0, 0.1) is 18.6 Å². The molecule has 2 aromatic carbocycles. The molecule has 8 nitrogen and oxygen atoms in total. The van der Waals surface area contributed by atoms with Crippen molar-refractivity contribution in [3.05, 3.63) is 115 Å². The number of pyridine rings is 2. The van der Waals surface area contributed by atoms with Crippen LogP contribution in [-0.4, -0.2) is 23.9 Å². The quantitative estimate of drug-likeness (QED) is 0.275. The molecular weight excluding hydrogens is 560 g/mol. The van der Waals surface area contributed by atoms with Crippen molar-refractivity contribution in [2.45, 2.75) is 33.6 Å². The maximum atomic E-state index is 15.4. The van der Waals surface area contributed by atoms with Gasteiger partial charge in [0.05, 0.1) is 22.0 Å². The van der Waals surface area contributed by atoms with Gasteiger partial charge in [0.15, 0.2) is 17.5 Å². The van der Waals surface area contributed by atoms with Crippen LogP contribution in [0.15, 0.2) is 74.9 Å². The predicted molar refractivity (Wildman–Crippen MR) is 142 cm³/mol. The van der Waals surface area contributed by atoms with Crippen LogP contribution in [0.1, 0.15) is 23.9 Å². The molecule has 0 aliphatic carbocycles. The van der Waals surface area contributed by atoms with Crippen molar-refractivity contribution in [2.75, 3.05) is 0 Å². The first kappa shape index (κ1) is 25.7. The van der Waals surface area contributed by atoms with Gasteiger partial charge in [0.1, 0.15) is 12.4 Å². The molecule has 0 atom stereocenters. The lowest BCUT2D eigenvalue weighted by molar-refractivity contribution is 0.0989. The Morgan fingerprint density at radius 1 is 1.00 bits per heavy atom. The average molecular weight is 582 g/mol. The van der Waals surface area contributed by atoms with Gasteiger partial charge in [-0.3, -0.25) is 13.9 Å². The lowest BCUT2D eigenvalue weighted by Gasteiger charge is -2.11. The zero-order valence-electron chi connectivity index (χ0n) is 20.5. The zero-order valence-corrected chi connectivity index (χ0v) is 22.1. The van der Waals surface area contributed by atoms with E-state index in [9.17, 15) is 14.0 Å². The second kappa shape index (κ2) is 10.4. The Kier molecular flexibility index (Phi) is 7.04. The third-order valence-corrected chi connectivity index (χ3v) is 6.67. The van der Waals surface area contributed by atoms with E-state index in [0.717, 1.165) is 16.3 Å². The molecule has 0 aliphatic heterocycles. The van der Waals surface area contributed by atoms with Gasteiger partial charge in [0.25, 0.3) is 5.56 Å². The summed E-state index contributed by atoms with van der Waals surface area (Å²) in [5.41, 5.74) is 0.766.